The Labute approximate surface area is 112 Å². The van der Waals surface area contributed by atoms with E-state index in [1.807, 2.05) is 0 Å². The third kappa shape index (κ3) is 4.27. The van der Waals surface area contributed by atoms with Crippen molar-refractivity contribution in [3.63, 3.8) is 0 Å². The van der Waals surface area contributed by atoms with E-state index in [0.717, 1.165) is 25.9 Å². The number of pyridine rings is 1. The van der Waals surface area contributed by atoms with Gasteiger partial charge in [-0.05, 0) is 37.4 Å². The van der Waals surface area contributed by atoms with E-state index in [0.29, 0.717) is 24.0 Å². The third-order valence-electron chi connectivity index (χ3n) is 2.93. The first-order chi connectivity index (χ1) is 9.25. The average molecular weight is 260 g/mol. The van der Waals surface area contributed by atoms with E-state index < -0.39 is 5.97 Å². The SMILES string of the molecule is O=C(O)C#Cc1cccnc1OCC1CCCNC1. The topological polar surface area (TPSA) is 71.5 Å². The molecule has 5 heteroatoms. The number of piperidine rings is 1. The summed E-state index contributed by atoms with van der Waals surface area (Å²) in [6, 6.07) is 3.41. The molecule has 2 rings (SSSR count). The third-order valence-corrected chi connectivity index (χ3v) is 2.93. The quantitative estimate of drug-likeness (QED) is 0.790. The molecule has 1 atom stereocenters. The van der Waals surface area contributed by atoms with Crippen molar-refractivity contribution in [2.24, 2.45) is 5.92 Å². The first kappa shape index (κ1) is 13.4. The number of carbonyl (C=O) groups is 1. The molecule has 5 nitrogen and oxygen atoms in total. The molecule has 0 bridgehead atoms. The van der Waals surface area contributed by atoms with Crippen LogP contribution in [0.2, 0.25) is 0 Å². The molecule has 1 aromatic rings. The Morgan fingerprint density at radius 3 is 3.26 bits per heavy atom. The summed E-state index contributed by atoms with van der Waals surface area (Å²) in [6.45, 7) is 2.59. The predicted octanol–water partition coefficient (Wildman–Crippen LogP) is 0.896. The van der Waals surface area contributed by atoms with Crippen LogP contribution in [0, 0.1) is 17.8 Å². The smallest absolute Gasteiger partial charge is 0.382 e. The molecule has 19 heavy (non-hydrogen) atoms. The van der Waals surface area contributed by atoms with Crippen molar-refractivity contribution in [3.8, 4) is 17.7 Å². The molecule has 0 saturated carbocycles. The number of nitrogens with one attached hydrogen (secondary N) is 1. The van der Waals surface area contributed by atoms with E-state index in [2.05, 4.69) is 22.1 Å². The summed E-state index contributed by atoms with van der Waals surface area (Å²) < 4.78 is 5.66. The first-order valence-electron chi connectivity index (χ1n) is 6.29. The minimum Gasteiger partial charge on any atom is -0.476 e. The van der Waals surface area contributed by atoms with Crippen LogP contribution < -0.4 is 10.1 Å². The van der Waals surface area contributed by atoms with Gasteiger partial charge in [0.05, 0.1) is 12.2 Å². The average Bonchev–Trinajstić information content (AvgIpc) is 2.45. The number of aromatic nitrogens is 1. The fourth-order valence-electron chi connectivity index (χ4n) is 1.98. The van der Waals surface area contributed by atoms with E-state index in [1.165, 1.54) is 0 Å². The molecule has 1 saturated heterocycles. The summed E-state index contributed by atoms with van der Waals surface area (Å²) in [7, 11) is 0. The number of nitrogens with zero attached hydrogens (tertiary/aromatic N) is 1. The van der Waals surface area contributed by atoms with E-state index in [-0.39, 0.29) is 0 Å². The molecule has 0 amide bonds. The Morgan fingerprint density at radius 2 is 2.53 bits per heavy atom. The molecule has 1 fully saturated rings. The van der Waals surface area contributed by atoms with Crippen LogP contribution in [0.25, 0.3) is 0 Å². The van der Waals surface area contributed by atoms with Crippen LogP contribution >= 0.6 is 0 Å². The van der Waals surface area contributed by atoms with Crippen LogP contribution in [-0.4, -0.2) is 35.8 Å². The van der Waals surface area contributed by atoms with Gasteiger partial charge in [-0.3, -0.25) is 0 Å². The highest BCUT2D eigenvalue weighted by molar-refractivity contribution is 5.87. The molecule has 1 aromatic heterocycles. The van der Waals surface area contributed by atoms with Gasteiger partial charge in [-0.2, -0.15) is 0 Å². The molecule has 2 N–H and O–H groups in total. The zero-order chi connectivity index (χ0) is 13.5. The maximum absolute atomic E-state index is 10.4. The summed E-state index contributed by atoms with van der Waals surface area (Å²) in [4.78, 5) is 14.5. The van der Waals surface area contributed by atoms with Crippen molar-refractivity contribution in [1.29, 1.82) is 0 Å². The summed E-state index contributed by atoms with van der Waals surface area (Å²) in [5.41, 5.74) is 0.508. The molecule has 1 aliphatic rings. The summed E-state index contributed by atoms with van der Waals surface area (Å²) in [5, 5.41) is 11.9. The van der Waals surface area contributed by atoms with Gasteiger partial charge in [0.25, 0.3) is 0 Å². The lowest BCUT2D eigenvalue weighted by molar-refractivity contribution is -0.130. The lowest BCUT2D eigenvalue weighted by atomic mass is 10.0. The van der Waals surface area contributed by atoms with Crippen LogP contribution in [0.1, 0.15) is 18.4 Å². The Hall–Kier alpha value is -2.06. The Kier molecular flexibility index (Phi) is 4.76. The summed E-state index contributed by atoms with van der Waals surface area (Å²) in [5.74, 6) is 4.33. The minimum absolute atomic E-state index is 0.404. The van der Waals surface area contributed by atoms with Gasteiger partial charge in [-0.25, -0.2) is 9.78 Å². The van der Waals surface area contributed by atoms with Crippen LogP contribution in [-0.2, 0) is 4.79 Å². The highest BCUT2D eigenvalue weighted by Crippen LogP contribution is 2.16. The van der Waals surface area contributed by atoms with E-state index >= 15 is 0 Å². The van der Waals surface area contributed by atoms with Crippen molar-refractivity contribution in [3.05, 3.63) is 23.9 Å². The Balaban J connectivity index is 1.99. The second-order valence-corrected chi connectivity index (χ2v) is 4.43. The lowest BCUT2D eigenvalue weighted by Gasteiger charge is -2.22. The summed E-state index contributed by atoms with van der Waals surface area (Å²) >= 11 is 0. The molecule has 2 heterocycles. The van der Waals surface area contributed by atoms with Gasteiger partial charge in [0.15, 0.2) is 0 Å². The summed E-state index contributed by atoms with van der Waals surface area (Å²) in [6.07, 6.45) is 3.90. The first-order valence-corrected chi connectivity index (χ1v) is 6.29. The van der Waals surface area contributed by atoms with Gasteiger partial charge in [0.1, 0.15) is 0 Å². The van der Waals surface area contributed by atoms with Gasteiger partial charge >= 0.3 is 5.97 Å². The zero-order valence-corrected chi connectivity index (χ0v) is 10.6. The van der Waals surface area contributed by atoms with Crippen LogP contribution in [0.3, 0.4) is 0 Å². The number of aliphatic carboxylic acids is 1. The second kappa shape index (κ2) is 6.76. The normalized spacial score (nSPS) is 18.2. The van der Waals surface area contributed by atoms with Crippen LogP contribution in [0.5, 0.6) is 5.88 Å². The fraction of sp³-hybridized carbons (Fsp3) is 0.429. The number of carboxylic acid groups (broad SMARTS) is 1. The van der Waals surface area contributed by atoms with Gasteiger partial charge in [-0.1, -0.05) is 0 Å². The molecular weight excluding hydrogens is 244 g/mol. The van der Waals surface area contributed by atoms with Crippen molar-refractivity contribution >= 4 is 5.97 Å². The lowest BCUT2D eigenvalue weighted by Crippen LogP contribution is -2.33. The predicted molar refractivity (Wildman–Crippen MR) is 69.8 cm³/mol. The number of ether oxygens (including phenoxy) is 1. The number of hydrogen-bond acceptors (Lipinski definition) is 4. The molecule has 0 spiro atoms. The van der Waals surface area contributed by atoms with Crippen molar-refractivity contribution in [1.82, 2.24) is 10.3 Å². The molecule has 0 aromatic carbocycles. The molecule has 100 valence electrons. The van der Waals surface area contributed by atoms with Crippen molar-refractivity contribution in [2.75, 3.05) is 19.7 Å². The second-order valence-electron chi connectivity index (χ2n) is 4.43. The van der Waals surface area contributed by atoms with E-state index in [9.17, 15) is 4.79 Å². The minimum atomic E-state index is -1.16. The Bertz CT molecular complexity index is 499. The monoisotopic (exact) mass is 260 g/mol. The molecule has 0 radical (unpaired) electrons. The van der Waals surface area contributed by atoms with Crippen LogP contribution in [0.15, 0.2) is 18.3 Å². The van der Waals surface area contributed by atoms with Gasteiger partial charge in [0, 0.05) is 24.6 Å². The maximum Gasteiger partial charge on any atom is 0.382 e. The van der Waals surface area contributed by atoms with Gasteiger partial charge < -0.3 is 15.2 Å². The maximum atomic E-state index is 10.4. The van der Waals surface area contributed by atoms with E-state index in [1.54, 1.807) is 18.3 Å². The van der Waals surface area contributed by atoms with Crippen LogP contribution in [0.4, 0.5) is 0 Å². The fourth-order valence-corrected chi connectivity index (χ4v) is 1.98. The highest BCUT2D eigenvalue weighted by atomic mass is 16.5. The van der Waals surface area contributed by atoms with E-state index in [4.69, 9.17) is 9.84 Å². The molecular formula is C14H16N2O3. The molecule has 1 unspecified atom stereocenters. The van der Waals surface area contributed by atoms with Gasteiger partial charge in [0.2, 0.25) is 5.88 Å². The number of hydrogen-bond donors (Lipinski definition) is 2. The van der Waals surface area contributed by atoms with Crippen molar-refractivity contribution in [2.45, 2.75) is 12.8 Å². The standard InChI is InChI=1S/C14H16N2O3/c17-13(18)6-5-12-4-2-8-16-14(12)19-10-11-3-1-7-15-9-11/h2,4,8,11,15H,1,3,7,9-10H2,(H,17,18). The Morgan fingerprint density at radius 1 is 1.63 bits per heavy atom. The highest BCUT2D eigenvalue weighted by Gasteiger charge is 2.14. The van der Waals surface area contributed by atoms with Gasteiger partial charge in [-0.15, -0.1) is 0 Å². The molecule has 1 aliphatic heterocycles. The van der Waals surface area contributed by atoms with Crippen molar-refractivity contribution < 1.29 is 14.6 Å². The molecule has 0 aliphatic carbocycles. The largest absolute Gasteiger partial charge is 0.476 e. The number of rotatable bonds is 3. The number of carboxylic acids is 1. The zero-order valence-electron chi connectivity index (χ0n) is 10.6.